The minimum Gasteiger partial charge on any atom is -0.497 e. The van der Waals surface area contributed by atoms with E-state index in [2.05, 4.69) is 45.3 Å². The van der Waals surface area contributed by atoms with Gasteiger partial charge in [0.05, 0.1) is 70.3 Å². The van der Waals surface area contributed by atoms with Crippen LogP contribution in [0.2, 0.25) is 0 Å². The number of quaternary nitrogens is 2. The lowest BCUT2D eigenvalue weighted by Gasteiger charge is -2.41. The summed E-state index contributed by atoms with van der Waals surface area (Å²) in [6.07, 6.45) is 3.69. The number of carbonyl (C=O) groups excluding carboxylic acids is 2. The summed E-state index contributed by atoms with van der Waals surface area (Å²) in [7, 11) is 7.69. The molecule has 1 aliphatic carbocycles. The van der Waals surface area contributed by atoms with Gasteiger partial charge in [-0.3, -0.25) is 8.97 Å². The number of benzene rings is 3. The van der Waals surface area contributed by atoms with Crippen LogP contribution >= 0.6 is 0 Å². The summed E-state index contributed by atoms with van der Waals surface area (Å²) in [4.78, 5) is 29.7. The van der Waals surface area contributed by atoms with Gasteiger partial charge in [-0.25, -0.2) is 9.59 Å². The van der Waals surface area contributed by atoms with E-state index in [1.807, 2.05) is 24.3 Å². The Balaban J connectivity index is 1.21. The predicted molar refractivity (Wildman–Crippen MR) is 179 cm³/mol. The Morgan fingerprint density at radius 3 is 2.13 bits per heavy atom. The number of hydrogen-bond donors (Lipinski definition) is 0. The second-order valence-electron chi connectivity index (χ2n) is 14.1. The normalized spacial score (nSPS) is 27.4. The second-order valence-corrected chi connectivity index (χ2v) is 14.1. The lowest BCUT2D eigenvalue weighted by Crippen LogP contribution is -2.57. The molecule has 0 radical (unpaired) electrons. The van der Waals surface area contributed by atoms with Crippen LogP contribution in [0.3, 0.4) is 0 Å². The molecule has 1 saturated carbocycles. The number of ether oxygens (including phenoxy) is 2. The highest BCUT2D eigenvalue weighted by molar-refractivity contribution is 5.74. The van der Waals surface area contributed by atoms with Crippen LogP contribution in [-0.4, -0.2) is 81.9 Å². The van der Waals surface area contributed by atoms with E-state index in [0.717, 1.165) is 30.4 Å². The Kier molecular flexibility index (Phi) is 8.66. The number of carbonyl (C=O) groups is 2. The lowest BCUT2D eigenvalue weighted by atomic mass is 9.90. The molecule has 8 nitrogen and oxygen atoms in total. The fourth-order valence-electron chi connectivity index (χ4n) is 7.78. The minimum absolute atomic E-state index is 0.00222. The van der Waals surface area contributed by atoms with E-state index in [4.69, 9.17) is 9.47 Å². The first-order valence-electron chi connectivity index (χ1n) is 16.5. The summed E-state index contributed by atoms with van der Waals surface area (Å²) >= 11 is 0. The molecule has 6 rings (SSSR count). The molecular weight excluding hydrogens is 576 g/mol. The van der Waals surface area contributed by atoms with Crippen LogP contribution in [0, 0.1) is 24.2 Å². The first-order valence-corrected chi connectivity index (χ1v) is 16.5. The van der Waals surface area contributed by atoms with Gasteiger partial charge in [-0.2, -0.15) is 5.26 Å². The van der Waals surface area contributed by atoms with Crippen molar-refractivity contribution in [3.63, 3.8) is 0 Å². The Hall–Kier alpha value is -4.19. The molecule has 2 amide bonds. The molecule has 8 heteroatoms. The number of methoxy groups -OCH3 is 1. The Morgan fingerprint density at radius 2 is 1.54 bits per heavy atom. The Bertz CT molecular complexity index is 1630. The number of hydrogen-bond acceptors (Lipinski definition) is 5. The zero-order chi connectivity index (χ0) is 32.6. The first kappa shape index (κ1) is 31.8. The van der Waals surface area contributed by atoms with E-state index in [-0.39, 0.29) is 23.8 Å². The largest absolute Gasteiger partial charge is 0.497 e. The van der Waals surface area contributed by atoms with Crippen LogP contribution in [0.4, 0.5) is 10.5 Å². The summed E-state index contributed by atoms with van der Waals surface area (Å²) in [5.74, 6) is 2.04. The van der Waals surface area contributed by atoms with E-state index < -0.39 is 6.09 Å². The van der Waals surface area contributed by atoms with E-state index in [1.54, 1.807) is 43.3 Å². The molecule has 3 aliphatic rings. The molecule has 46 heavy (non-hydrogen) atoms. The third-order valence-corrected chi connectivity index (χ3v) is 10.9. The second kappa shape index (κ2) is 12.5. The summed E-state index contributed by atoms with van der Waals surface area (Å²) in [5.41, 5.74) is 5.73. The standard InChI is InChI=1S/C38H46N4O4/c1-26-22-30(10-17-34(26)28-8-9-28)35-24-42(4,25-36(35)40(2)38(44)46-33-15-13-32(45-5)14-16-33)37(43)29-18-20-41(3,21-19-29)31-11-6-27(23-39)7-12-31/h6-7,10-17,22,28-29,35-36H,8-9,18-21,24-25H2,1-5H3/q+2. The SMILES string of the molecule is COc1ccc(OC(=O)N(C)C2C[N+](C)(C(=O)C3CC[N+](C)(c4ccc(C#N)cc4)CC3)CC2c2ccc(C3CC3)c(C)c2)cc1. The fraction of sp³-hybridized carbons (Fsp3) is 0.447. The molecule has 0 aromatic heterocycles. The molecule has 3 fully saturated rings. The highest BCUT2D eigenvalue weighted by atomic mass is 16.6. The van der Waals surface area contributed by atoms with Gasteiger partial charge in [0.2, 0.25) is 0 Å². The first-order chi connectivity index (χ1) is 22.0. The minimum atomic E-state index is -0.430. The van der Waals surface area contributed by atoms with Gasteiger partial charge in [0, 0.05) is 32.0 Å². The molecule has 3 aromatic carbocycles. The molecule has 2 heterocycles. The van der Waals surface area contributed by atoms with Gasteiger partial charge in [0.15, 0.2) is 0 Å². The number of nitriles is 1. The number of amides is 2. The van der Waals surface area contributed by atoms with Crippen molar-refractivity contribution in [1.29, 1.82) is 5.26 Å². The summed E-state index contributed by atoms with van der Waals surface area (Å²) in [6, 6.07) is 23.6. The van der Waals surface area contributed by atoms with Gasteiger partial charge < -0.3 is 14.4 Å². The van der Waals surface area contributed by atoms with E-state index in [9.17, 15) is 14.9 Å². The average Bonchev–Trinajstić information content (AvgIpc) is 3.85. The molecule has 3 aromatic rings. The summed E-state index contributed by atoms with van der Waals surface area (Å²) < 4.78 is 12.1. The Morgan fingerprint density at radius 1 is 0.891 bits per heavy atom. The molecule has 3 unspecified atom stereocenters. The fourth-order valence-corrected chi connectivity index (χ4v) is 7.78. The van der Waals surface area contributed by atoms with E-state index in [0.29, 0.717) is 40.6 Å². The molecule has 0 bridgehead atoms. The number of likely N-dealkylation sites (N-methyl/N-ethyl adjacent to an activating group) is 2. The summed E-state index contributed by atoms with van der Waals surface area (Å²) in [6.45, 7) is 5.10. The van der Waals surface area contributed by atoms with Gasteiger partial charge in [-0.05, 0) is 78.8 Å². The number of aryl methyl sites for hydroxylation is 1. The van der Waals surface area contributed by atoms with Gasteiger partial charge in [0.1, 0.15) is 23.7 Å². The van der Waals surface area contributed by atoms with Crippen molar-refractivity contribution in [3.05, 3.63) is 89.0 Å². The van der Waals surface area contributed by atoms with Crippen molar-refractivity contribution < 1.29 is 23.5 Å². The van der Waals surface area contributed by atoms with Gasteiger partial charge in [-0.1, -0.05) is 18.2 Å². The topological polar surface area (TPSA) is 79.6 Å². The monoisotopic (exact) mass is 622 g/mol. The van der Waals surface area contributed by atoms with E-state index >= 15 is 0 Å². The van der Waals surface area contributed by atoms with Crippen molar-refractivity contribution in [1.82, 2.24) is 9.38 Å². The van der Waals surface area contributed by atoms with Crippen molar-refractivity contribution in [2.75, 3.05) is 54.4 Å². The van der Waals surface area contributed by atoms with Crippen molar-refractivity contribution >= 4 is 17.7 Å². The summed E-state index contributed by atoms with van der Waals surface area (Å²) in [5, 5.41) is 9.21. The molecular formula is C38H46N4O4+2. The number of rotatable bonds is 7. The van der Waals surface area contributed by atoms with Crippen LogP contribution in [-0.2, 0) is 4.79 Å². The van der Waals surface area contributed by atoms with E-state index in [1.165, 1.54) is 35.2 Å². The van der Waals surface area contributed by atoms with Crippen molar-refractivity contribution in [2.45, 2.75) is 50.5 Å². The van der Waals surface area contributed by atoms with Crippen molar-refractivity contribution in [2.24, 2.45) is 5.92 Å². The predicted octanol–water partition coefficient (Wildman–Crippen LogP) is 6.37. The zero-order valence-electron chi connectivity index (χ0n) is 27.7. The Labute approximate surface area is 272 Å². The van der Waals surface area contributed by atoms with Crippen LogP contribution < -0.4 is 14.0 Å². The molecule has 3 atom stereocenters. The maximum atomic E-state index is 14.4. The number of nitrogens with zero attached hydrogens (tertiary/aromatic N) is 4. The van der Waals surface area contributed by atoms with Gasteiger partial charge >= 0.3 is 12.0 Å². The molecule has 0 N–H and O–H groups in total. The average molecular weight is 623 g/mol. The van der Waals surface area contributed by atoms with Crippen LogP contribution in [0.15, 0.2) is 66.7 Å². The molecule has 0 spiro atoms. The molecule has 240 valence electrons. The van der Waals surface area contributed by atoms with Gasteiger partial charge in [0.25, 0.3) is 0 Å². The number of likely N-dealkylation sites (tertiary alicyclic amines) is 2. The third kappa shape index (κ3) is 6.27. The number of piperidine rings is 1. The van der Waals surface area contributed by atoms with Gasteiger partial charge in [-0.15, -0.1) is 0 Å². The third-order valence-electron chi connectivity index (χ3n) is 10.9. The van der Waals surface area contributed by atoms with Crippen molar-refractivity contribution in [3.8, 4) is 17.6 Å². The highest BCUT2D eigenvalue weighted by Crippen LogP contribution is 2.44. The molecule has 2 saturated heterocycles. The maximum Gasteiger partial charge on any atom is 0.415 e. The quantitative estimate of drug-likeness (QED) is 0.286. The molecule has 2 aliphatic heterocycles. The maximum absolute atomic E-state index is 14.4. The highest BCUT2D eigenvalue weighted by Gasteiger charge is 2.53. The van der Waals surface area contributed by atoms with Crippen LogP contribution in [0.25, 0.3) is 0 Å². The smallest absolute Gasteiger partial charge is 0.415 e. The van der Waals surface area contributed by atoms with Crippen LogP contribution in [0.5, 0.6) is 11.5 Å². The zero-order valence-corrected chi connectivity index (χ0v) is 27.7. The van der Waals surface area contributed by atoms with Crippen LogP contribution in [0.1, 0.15) is 59.8 Å². The lowest BCUT2D eigenvalue weighted by molar-refractivity contribution is -0.824.